The average molecular weight is 416 g/mol. The Morgan fingerprint density at radius 2 is 1.93 bits per heavy atom. The molecule has 1 aliphatic carbocycles. The van der Waals surface area contributed by atoms with E-state index < -0.39 is 33.6 Å². The average Bonchev–Trinajstić information content (AvgIpc) is 3.16. The van der Waals surface area contributed by atoms with E-state index in [-0.39, 0.29) is 23.8 Å². The zero-order chi connectivity index (χ0) is 20.7. The van der Waals surface area contributed by atoms with E-state index in [1.807, 2.05) is 18.2 Å². The highest BCUT2D eigenvalue weighted by Crippen LogP contribution is 2.32. The molecular weight excluding hydrogens is 393 g/mol. The van der Waals surface area contributed by atoms with Gasteiger partial charge in [-0.25, -0.2) is 8.42 Å². The normalized spacial score (nSPS) is 17.3. The number of hydrogen-bond acceptors (Lipinski definition) is 4. The van der Waals surface area contributed by atoms with Gasteiger partial charge < -0.3 is 5.11 Å². The third-order valence-electron chi connectivity index (χ3n) is 5.09. The van der Waals surface area contributed by atoms with Crippen molar-refractivity contribution < 1.29 is 26.7 Å². The number of fused-ring (bicyclic) bond motifs is 1. The van der Waals surface area contributed by atoms with Gasteiger partial charge in [-0.3, -0.25) is 4.68 Å². The number of benzene rings is 1. The standard InChI is InChI=1S/C19H23F3N2O3S/c1-12(2)28(26,27)11-14-6-15-4-3-13(5-16(15)7-14)8-24-9-17(10-25)18(23-24)19(20,21)22/h3-5,9,12,14,25H,6-8,10-11H2,1-2H3/t14-/m0/s1. The summed E-state index contributed by atoms with van der Waals surface area (Å²) in [4.78, 5) is 0. The summed E-state index contributed by atoms with van der Waals surface area (Å²) >= 11 is 0. The molecule has 0 saturated heterocycles. The number of rotatable bonds is 6. The van der Waals surface area contributed by atoms with Gasteiger partial charge in [0.05, 0.1) is 24.2 Å². The molecule has 1 heterocycles. The lowest BCUT2D eigenvalue weighted by molar-refractivity contribution is -0.142. The van der Waals surface area contributed by atoms with Crippen LogP contribution in [0, 0.1) is 5.92 Å². The van der Waals surface area contributed by atoms with Gasteiger partial charge in [0.2, 0.25) is 0 Å². The Morgan fingerprint density at radius 1 is 1.25 bits per heavy atom. The van der Waals surface area contributed by atoms with E-state index in [2.05, 4.69) is 5.10 Å². The fraction of sp³-hybridized carbons (Fsp3) is 0.526. The van der Waals surface area contributed by atoms with Gasteiger partial charge in [-0.2, -0.15) is 18.3 Å². The van der Waals surface area contributed by atoms with Crippen LogP contribution in [0.25, 0.3) is 0 Å². The first-order valence-corrected chi connectivity index (χ1v) is 10.8. The zero-order valence-electron chi connectivity index (χ0n) is 15.7. The first-order valence-electron chi connectivity index (χ1n) is 9.06. The van der Waals surface area contributed by atoms with E-state index in [1.54, 1.807) is 13.8 Å². The highest BCUT2D eigenvalue weighted by atomic mass is 32.2. The number of nitrogens with zero attached hydrogens (tertiary/aromatic N) is 2. The van der Waals surface area contributed by atoms with Crippen LogP contribution < -0.4 is 0 Å². The topological polar surface area (TPSA) is 72.2 Å². The van der Waals surface area contributed by atoms with Gasteiger partial charge in [0.25, 0.3) is 0 Å². The van der Waals surface area contributed by atoms with Crippen molar-refractivity contribution in [3.8, 4) is 0 Å². The van der Waals surface area contributed by atoms with Gasteiger partial charge in [-0.1, -0.05) is 18.2 Å². The summed E-state index contributed by atoms with van der Waals surface area (Å²) < 4.78 is 64.4. The largest absolute Gasteiger partial charge is 0.435 e. The van der Waals surface area contributed by atoms with Crippen LogP contribution >= 0.6 is 0 Å². The number of aliphatic hydroxyl groups is 1. The van der Waals surface area contributed by atoms with E-state index in [9.17, 15) is 21.6 Å². The van der Waals surface area contributed by atoms with Crippen LogP contribution in [0.3, 0.4) is 0 Å². The molecule has 1 atom stereocenters. The van der Waals surface area contributed by atoms with Crippen LogP contribution in [-0.2, 0) is 42.0 Å². The Balaban J connectivity index is 1.75. The second kappa shape index (κ2) is 7.51. The van der Waals surface area contributed by atoms with Gasteiger partial charge in [0.1, 0.15) is 0 Å². The van der Waals surface area contributed by atoms with Gasteiger partial charge >= 0.3 is 6.18 Å². The molecule has 28 heavy (non-hydrogen) atoms. The molecule has 1 aromatic carbocycles. The van der Waals surface area contributed by atoms with Crippen molar-refractivity contribution in [2.45, 2.75) is 51.3 Å². The maximum Gasteiger partial charge on any atom is 0.435 e. The van der Waals surface area contributed by atoms with Gasteiger partial charge in [-0.05, 0) is 49.3 Å². The maximum atomic E-state index is 13.0. The van der Waals surface area contributed by atoms with Gasteiger partial charge in [0, 0.05) is 11.8 Å². The summed E-state index contributed by atoms with van der Waals surface area (Å²) in [6, 6.07) is 5.64. The number of halogens is 3. The zero-order valence-corrected chi connectivity index (χ0v) is 16.5. The summed E-state index contributed by atoms with van der Waals surface area (Å²) in [7, 11) is -3.12. The lowest BCUT2D eigenvalue weighted by Crippen LogP contribution is -2.23. The van der Waals surface area contributed by atoms with Crippen molar-refractivity contribution in [2.24, 2.45) is 5.92 Å². The predicted octanol–water partition coefficient (Wildman–Crippen LogP) is 2.98. The van der Waals surface area contributed by atoms with Gasteiger partial charge in [0.15, 0.2) is 15.5 Å². The molecule has 2 aromatic rings. The third-order valence-corrected chi connectivity index (χ3v) is 7.47. The van der Waals surface area contributed by atoms with Crippen molar-refractivity contribution in [1.29, 1.82) is 0 Å². The molecule has 0 aliphatic heterocycles. The molecule has 0 spiro atoms. The smallest absolute Gasteiger partial charge is 0.392 e. The van der Waals surface area contributed by atoms with Crippen molar-refractivity contribution >= 4 is 9.84 Å². The highest BCUT2D eigenvalue weighted by Gasteiger charge is 2.37. The van der Waals surface area contributed by atoms with Crippen molar-refractivity contribution in [1.82, 2.24) is 9.78 Å². The molecule has 1 aliphatic rings. The van der Waals surface area contributed by atoms with Crippen molar-refractivity contribution in [2.75, 3.05) is 5.75 Å². The highest BCUT2D eigenvalue weighted by molar-refractivity contribution is 7.91. The minimum Gasteiger partial charge on any atom is -0.392 e. The molecule has 0 amide bonds. The van der Waals surface area contributed by atoms with Crippen molar-refractivity contribution in [3.05, 3.63) is 52.3 Å². The third kappa shape index (κ3) is 4.41. The van der Waals surface area contributed by atoms with E-state index in [0.717, 1.165) is 16.7 Å². The molecule has 1 aromatic heterocycles. The molecule has 5 nitrogen and oxygen atoms in total. The Hall–Kier alpha value is -1.87. The second-order valence-corrected chi connectivity index (χ2v) is 10.2. The lowest BCUT2D eigenvalue weighted by atomic mass is 10.1. The number of hydrogen-bond donors (Lipinski definition) is 1. The molecular formula is C19H23F3N2O3S. The number of alkyl halides is 3. The SMILES string of the molecule is CC(C)S(=O)(=O)C[C@H]1Cc2ccc(Cn3cc(CO)c(C(F)(F)F)n3)cc2C1. The second-order valence-electron chi connectivity index (χ2n) is 7.61. The van der Waals surface area contributed by atoms with Crippen LogP contribution in [0.5, 0.6) is 0 Å². The Kier molecular flexibility index (Phi) is 5.60. The molecule has 154 valence electrons. The monoisotopic (exact) mass is 416 g/mol. The number of aliphatic hydroxyl groups excluding tert-OH is 1. The predicted molar refractivity (Wildman–Crippen MR) is 98.5 cm³/mol. The molecule has 0 radical (unpaired) electrons. The van der Waals surface area contributed by atoms with E-state index in [1.165, 1.54) is 10.9 Å². The molecule has 1 N–H and O–H groups in total. The lowest BCUT2D eigenvalue weighted by Gasteiger charge is -2.12. The summed E-state index contributed by atoms with van der Waals surface area (Å²) in [6.45, 7) is 2.77. The summed E-state index contributed by atoms with van der Waals surface area (Å²) in [5, 5.41) is 12.3. The molecule has 3 rings (SSSR count). The molecule has 9 heteroatoms. The van der Waals surface area contributed by atoms with E-state index in [4.69, 9.17) is 5.11 Å². The molecule has 0 unspecified atom stereocenters. The van der Waals surface area contributed by atoms with Crippen LogP contribution in [0.2, 0.25) is 0 Å². The van der Waals surface area contributed by atoms with E-state index >= 15 is 0 Å². The Bertz CT molecular complexity index is 965. The number of sulfone groups is 1. The van der Waals surface area contributed by atoms with Crippen LogP contribution in [0.4, 0.5) is 13.2 Å². The molecule has 0 fully saturated rings. The Labute approximate surface area is 162 Å². The molecule has 0 bridgehead atoms. The summed E-state index contributed by atoms with van der Waals surface area (Å²) in [6.07, 6.45) is -2.08. The minimum absolute atomic E-state index is 0.0279. The first kappa shape index (κ1) is 20.9. The van der Waals surface area contributed by atoms with Crippen molar-refractivity contribution in [3.63, 3.8) is 0 Å². The van der Waals surface area contributed by atoms with Crippen LogP contribution in [0.1, 0.15) is 41.8 Å². The minimum atomic E-state index is -4.61. The first-order chi connectivity index (χ1) is 13.0. The van der Waals surface area contributed by atoms with E-state index in [0.29, 0.717) is 12.8 Å². The Morgan fingerprint density at radius 3 is 2.50 bits per heavy atom. The quantitative estimate of drug-likeness (QED) is 0.786. The molecule has 0 saturated carbocycles. The number of aromatic nitrogens is 2. The van der Waals surface area contributed by atoms with Crippen LogP contribution in [0.15, 0.2) is 24.4 Å². The summed E-state index contributed by atoms with van der Waals surface area (Å²) in [5.41, 5.74) is 1.57. The van der Waals surface area contributed by atoms with Gasteiger partial charge in [-0.15, -0.1) is 0 Å². The maximum absolute atomic E-state index is 13.0. The fourth-order valence-corrected chi connectivity index (χ4v) is 4.86. The van der Waals surface area contributed by atoms with Crippen LogP contribution in [-0.4, -0.2) is 34.3 Å². The fourth-order valence-electron chi connectivity index (χ4n) is 3.58. The summed E-state index contributed by atoms with van der Waals surface area (Å²) in [5.74, 6) is 0.169.